The molecule has 0 fully saturated rings. The van der Waals surface area contributed by atoms with Gasteiger partial charge in [-0.3, -0.25) is 4.79 Å². The lowest BCUT2D eigenvalue weighted by atomic mass is 9.95. The van der Waals surface area contributed by atoms with Crippen LogP contribution in [-0.2, 0) is 22.4 Å². The molecule has 1 aromatic carbocycles. The number of fused-ring (bicyclic) bond motifs is 1. The molecule has 8 heteroatoms. The van der Waals surface area contributed by atoms with Gasteiger partial charge in [-0.25, -0.2) is 4.79 Å². The molecule has 0 unspecified atom stereocenters. The number of benzene rings is 1. The number of carbonyl (C=O) groups excluding carboxylic acids is 2. The van der Waals surface area contributed by atoms with Crippen LogP contribution in [0.5, 0.6) is 5.75 Å². The van der Waals surface area contributed by atoms with E-state index in [4.69, 9.17) is 32.7 Å². The molecule has 1 heterocycles. The van der Waals surface area contributed by atoms with Crippen LogP contribution in [0.25, 0.3) is 0 Å². The molecule has 28 heavy (non-hydrogen) atoms. The number of hydrogen-bond donors (Lipinski definition) is 1. The lowest BCUT2D eigenvalue weighted by Gasteiger charge is -2.16. The molecule has 0 radical (unpaired) electrons. The van der Waals surface area contributed by atoms with Crippen LogP contribution < -0.4 is 10.1 Å². The average Bonchev–Trinajstić information content (AvgIpc) is 3.02. The van der Waals surface area contributed by atoms with Crippen molar-refractivity contribution in [3.63, 3.8) is 0 Å². The van der Waals surface area contributed by atoms with E-state index in [1.807, 2.05) is 0 Å². The smallest absolute Gasteiger partial charge is 0.341 e. The maximum absolute atomic E-state index is 12.7. The Kier molecular flexibility index (Phi) is 6.86. The van der Waals surface area contributed by atoms with E-state index in [2.05, 4.69) is 5.32 Å². The Morgan fingerprint density at radius 3 is 2.75 bits per heavy atom. The van der Waals surface area contributed by atoms with Crippen molar-refractivity contribution in [3.8, 4) is 5.75 Å². The average molecular weight is 442 g/mol. The van der Waals surface area contributed by atoms with Crippen molar-refractivity contribution in [1.82, 2.24) is 0 Å². The molecular weight excluding hydrogens is 421 g/mol. The molecule has 2 aromatic rings. The first-order valence-electron chi connectivity index (χ1n) is 9.15. The van der Waals surface area contributed by atoms with Gasteiger partial charge in [-0.15, -0.1) is 11.3 Å². The third-order valence-corrected chi connectivity index (χ3v) is 6.21. The van der Waals surface area contributed by atoms with E-state index in [1.165, 1.54) is 11.3 Å². The Hall–Kier alpha value is -1.76. The third kappa shape index (κ3) is 4.62. The van der Waals surface area contributed by atoms with Gasteiger partial charge >= 0.3 is 5.97 Å². The van der Waals surface area contributed by atoms with Crippen LogP contribution in [0.15, 0.2) is 18.2 Å². The van der Waals surface area contributed by atoms with Gasteiger partial charge in [0.15, 0.2) is 6.10 Å². The summed E-state index contributed by atoms with van der Waals surface area (Å²) in [5.41, 5.74) is 1.47. The predicted octanol–water partition coefficient (Wildman–Crippen LogP) is 5.52. The minimum absolute atomic E-state index is 0.281. The van der Waals surface area contributed by atoms with E-state index in [0.29, 0.717) is 26.4 Å². The summed E-state index contributed by atoms with van der Waals surface area (Å²) in [6, 6.07) is 4.81. The first-order chi connectivity index (χ1) is 13.4. The molecule has 1 amide bonds. The van der Waals surface area contributed by atoms with Crippen LogP contribution in [0, 0.1) is 0 Å². The van der Waals surface area contributed by atoms with Crippen LogP contribution in [0.3, 0.4) is 0 Å². The molecule has 1 aliphatic rings. The van der Waals surface area contributed by atoms with E-state index in [1.54, 1.807) is 32.0 Å². The van der Waals surface area contributed by atoms with E-state index < -0.39 is 12.1 Å². The highest BCUT2D eigenvalue weighted by Crippen LogP contribution is 2.39. The number of anilines is 1. The van der Waals surface area contributed by atoms with Gasteiger partial charge in [0, 0.05) is 16.0 Å². The molecule has 0 saturated heterocycles. The standard InChI is InChI=1S/C20H21Cl2NO4S/c1-3-26-20(25)17-13-6-4-5-7-16(13)28-19(17)23-18(24)11(2)27-15-10-12(21)8-9-14(15)22/h8-11H,3-7H2,1-2H3,(H,23,24)/t11-/m1/s1. The molecule has 5 nitrogen and oxygen atoms in total. The first-order valence-corrected chi connectivity index (χ1v) is 10.7. The molecule has 1 atom stereocenters. The predicted molar refractivity (Wildman–Crippen MR) is 112 cm³/mol. The van der Waals surface area contributed by atoms with Gasteiger partial charge in [-0.1, -0.05) is 23.2 Å². The highest BCUT2D eigenvalue weighted by Gasteiger charge is 2.28. The number of esters is 1. The second-order valence-electron chi connectivity index (χ2n) is 6.46. The molecule has 3 rings (SSSR count). The number of ether oxygens (including phenoxy) is 2. The Balaban J connectivity index is 1.80. The van der Waals surface area contributed by atoms with Gasteiger partial charge in [0.25, 0.3) is 5.91 Å². The fraction of sp³-hybridized carbons (Fsp3) is 0.400. The molecule has 1 aliphatic carbocycles. The number of carbonyl (C=O) groups is 2. The van der Waals surface area contributed by atoms with Crippen molar-refractivity contribution in [2.75, 3.05) is 11.9 Å². The zero-order chi connectivity index (χ0) is 20.3. The van der Waals surface area contributed by atoms with Gasteiger partial charge in [-0.2, -0.15) is 0 Å². The first kappa shape index (κ1) is 21.0. The fourth-order valence-corrected chi connectivity index (χ4v) is 4.70. The Morgan fingerprint density at radius 2 is 2.00 bits per heavy atom. The zero-order valence-corrected chi connectivity index (χ0v) is 18.0. The number of aryl methyl sites for hydroxylation is 1. The minimum Gasteiger partial charge on any atom is -0.479 e. The monoisotopic (exact) mass is 441 g/mol. The van der Waals surface area contributed by atoms with Gasteiger partial charge < -0.3 is 14.8 Å². The van der Waals surface area contributed by atoms with Crippen molar-refractivity contribution < 1.29 is 19.1 Å². The second-order valence-corrected chi connectivity index (χ2v) is 8.41. The van der Waals surface area contributed by atoms with Crippen LogP contribution in [0.2, 0.25) is 10.0 Å². The SMILES string of the molecule is CCOC(=O)c1c(NC(=O)[C@@H](C)Oc2cc(Cl)ccc2Cl)sc2c1CCCC2. The van der Waals surface area contributed by atoms with Crippen LogP contribution in [0.1, 0.15) is 47.5 Å². The largest absolute Gasteiger partial charge is 0.479 e. The van der Waals surface area contributed by atoms with E-state index in [0.717, 1.165) is 36.1 Å². The summed E-state index contributed by atoms with van der Waals surface area (Å²) >= 11 is 13.5. The number of nitrogens with one attached hydrogen (secondary N) is 1. The second kappa shape index (κ2) is 9.16. The summed E-state index contributed by atoms with van der Waals surface area (Å²) in [6.07, 6.45) is 3.00. The van der Waals surface area contributed by atoms with Crippen molar-refractivity contribution in [3.05, 3.63) is 44.2 Å². The maximum atomic E-state index is 12.7. The Labute approximate surface area is 177 Å². The molecule has 1 N–H and O–H groups in total. The molecule has 0 spiro atoms. The number of hydrogen-bond acceptors (Lipinski definition) is 5. The maximum Gasteiger partial charge on any atom is 0.341 e. The molecule has 0 aliphatic heterocycles. The number of rotatable bonds is 6. The minimum atomic E-state index is -0.829. The summed E-state index contributed by atoms with van der Waals surface area (Å²) in [5, 5.41) is 4.18. The normalized spacial score (nSPS) is 14.1. The molecule has 0 bridgehead atoms. The number of thiophene rings is 1. The molecule has 150 valence electrons. The lowest BCUT2D eigenvalue weighted by molar-refractivity contribution is -0.122. The van der Waals surface area contributed by atoms with Gasteiger partial charge in [0.05, 0.1) is 17.2 Å². The Morgan fingerprint density at radius 1 is 1.25 bits per heavy atom. The molecule has 1 aromatic heterocycles. The van der Waals surface area contributed by atoms with E-state index >= 15 is 0 Å². The van der Waals surface area contributed by atoms with Crippen molar-refractivity contribution in [1.29, 1.82) is 0 Å². The van der Waals surface area contributed by atoms with Crippen LogP contribution >= 0.6 is 34.5 Å². The van der Waals surface area contributed by atoms with E-state index in [9.17, 15) is 9.59 Å². The molecule has 0 saturated carbocycles. The summed E-state index contributed by atoms with van der Waals surface area (Å²) < 4.78 is 10.9. The van der Waals surface area contributed by atoms with Crippen molar-refractivity contribution >= 4 is 51.4 Å². The highest BCUT2D eigenvalue weighted by atomic mass is 35.5. The van der Waals surface area contributed by atoms with Gasteiger partial charge in [-0.05, 0) is 57.2 Å². The van der Waals surface area contributed by atoms with Gasteiger partial charge in [0.1, 0.15) is 10.8 Å². The van der Waals surface area contributed by atoms with E-state index in [-0.39, 0.29) is 12.5 Å². The quantitative estimate of drug-likeness (QED) is 0.599. The topological polar surface area (TPSA) is 64.6 Å². The summed E-state index contributed by atoms with van der Waals surface area (Å²) in [4.78, 5) is 26.3. The zero-order valence-electron chi connectivity index (χ0n) is 15.6. The van der Waals surface area contributed by atoms with Gasteiger partial charge in [0.2, 0.25) is 0 Å². The number of halogens is 2. The third-order valence-electron chi connectivity index (χ3n) is 4.45. The summed E-state index contributed by atoms with van der Waals surface area (Å²) in [5.74, 6) is -0.447. The fourth-order valence-electron chi connectivity index (χ4n) is 3.10. The number of amides is 1. The lowest BCUT2D eigenvalue weighted by Crippen LogP contribution is -2.30. The van der Waals surface area contributed by atoms with Crippen LogP contribution in [-0.4, -0.2) is 24.6 Å². The molecular formula is C20H21Cl2NO4S. The van der Waals surface area contributed by atoms with Crippen molar-refractivity contribution in [2.45, 2.75) is 45.6 Å². The van der Waals surface area contributed by atoms with Crippen LogP contribution in [0.4, 0.5) is 5.00 Å². The highest BCUT2D eigenvalue weighted by molar-refractivity contribution is 7.17. The summed E-state index contributed by atoms with van der Waals surface area (Å²) in [6.45, 7) is 3.66. The van der Waals surface area contributed by atoms with Crippen molar-refractivity contribution in [2.24, 2.45) is 0 Å². The summed E-state index contributed by atoms with van der Waals surface area (Å²) in [7, 11) is 0. The Bertz CT molecular complexity index is 897.